The molecule has 3 nitrogen and oxygen atoms in total. The zero-order valence-corrected chi connectivity index (χ0v) is 7.47. The normalized spacial score (nSPS) is 23.5. The van der Waals surface area contributed by atoms with E-state index in [4.69, 9.17) is 0 Å². The van der Waals surface area contributed by atoms with Gasteiger partial charge in [0.2, 0.25) is 0 Å². The van der Waals surface area contributed by atoms with Crippen LogP contribution in [0.15, 0.2) is 5.10 Å². The molecule has 0 spiro atoms. The summed E-state index contributed by atoms with van der Waals surface area (Å²) in [4.78, 5) is 0. The van der Waals surface area contributed by atoms with E-state index < -0.39 is 0 Å². The van der Waals surface area contributed by atoms with Crippen LogP contribution in [0.5, 0.6) is 0 Å². The van der Waals surface area contributed by atoms with Crippen LogP contribution in [-0.2, 0) is 0 Å². The fourth-order valence-corrected chi connectivity index (χ4v) is 0.726. The Hall–Kier alpha value is -0.570. The van der Waals surface area contributed by atoms with Crippen LogP contribution in [-0.4, -0.2) is 23.9 Å². The minimum Gasteiger partial charge on any atom is -0.232 e. The van der Waals surface area contributed by atoms with Gasteiger partial charge in [-0.2, -0.15) is 5.10 Å². The summed E-state index contributed by atoms with van der Waals surface area (Å²) in [5.74, 6) is 0. The van der Waals surface area contributed by atoms with Crippen molar-refractivity contribution in [1.29, 1.82) is 0 Å². The van der Waals surface area contributed by atoms with Gasteiger partial charge >= 0.3 is 0 Å². The first-order valence-electron chi connectivity index (χ1n) is 3.75. The molecule has 1 atom stereocenters. The highest BCUT2D eigenvalue weighted by Crippen LogP contribution is 1.97. The second-order valence-corrected chi connectivity index (χ2v) is 2.12. The Balaban J connectivity index is 0.000000371. The van der Waals surface area contributed by atoms with E-state index in [-0.39, 0.29) is 0 Å². The van der Waals surface area contributed by atoms with Crippen molar-refractivity contribution in [2.24, 2.45) is 5.10 Å². The summed E-state index contributed by atoms with van der Waals surface area (Å²) in [6.07, 6.45) is 0. The second-order valence-electron chi connectivity index (χ2n) is 2.12. The van der Waals surface area contributed by atoms with E-state index in [0.29, 0.717) is 6.04 Å². The first-order chi connectivity index (χ1) is 4.70. The molecular formula is C7H17N3. The van der Waals surface area contributed by atoms with Crippen molar-refractivity contribution in [2.45, 2.75) is 33.7 Å². The molecule has 1 rings (SSSR count). The van der Waals surface area contributed by atoms with Crippen molar-refractivity contribution in [1.82, 2.24) is 10.5 Å². The van der Waals surface area contributed by atoms with Crippen LogP contribution in [0, 0.1) is 0 Å². The maximum absolute atomic E-state index is 4.11. The van der Waals surface area contributed by atoms with Gasteiger partial charge in [-0.15, -0.1) is 0 Å². The fourth-order valence-electron chi connectivity index (χ4n) is 0.726. The van der Waals surface area contributed by atoms with Crippen molar-refractivity contribution in [2.75, 3.05) is 7.05 Å². The average Bonchev–Trinajstić information content (AvgIpc) is 2.16. The summed E-state index contributed by atoms with van der Waals surface area (Å²) in [6.45, 7) is 8.10. The van der Waals surface area contributed by atoms with Crippen LogP contribution in [0.25, 0.3) is 0 Å². The lowest BCUT2D eigenvalue weighted by Gasteiger charge is -2.07. The molecule has 10 heavy (non-hydrogen) atoms. The number of hydrazine groups is 1. The minimum absolute atomic E-state index is 0.417. The Morgan fingerprint density at radius 1 is 1.50 bits per heavy atom. The second kappa shape index (κ2) is 4.28. The van der Waals surface area contributed by atoms with E-state index in [1.807, 2.05) is 27.8 Å². The molecule has 0 aliphatic carbocycles. The van der Waals surface area contributed by atoms with Gasteiger partial charge in [-0.05, 0) is 13.8 Å². The highest BCUT2D eigenvalue weighted by molar-refractivity contribution is 5.87. The molecule has 60 valence electrons. The van der Waals surface area contributed by atoms with Crippen LogP contribution in [0.4, 0.5) is 0 Å². The molecule has 0 aromatic heterocycles. The molecule has 1 unspecified atom stereocenters. The van der Waals surface area contributed by atoms with Gasteiger partial charge in [0.1, 0.15) is 0 Å². The predicted octanol–water partition coefficient (Wildman–Crippen LogP) is 1.23. The molecule has 0 bridgehead atoms. The van der Waals surface area contributed by atoms with E-state index in [0.717, 1.165) is 5.71 Å². The van der Waals surface area contributed by atoms with Gasteiger partial charge in [0.05, 0.1) is 11.8 Å². The van der Waals surface area contributed by atoms with Crippen molar-refractivity contribution in [3.05, 3.63) is 0 Å². The van der Waals surface area contributed by atoms with Gasteiger partial charge < -0.3 is 0 Å². The SMILES string of the molecule is CC.CC1=NN(C)NC1C. The van der Waals surface area contributed by atoms with E-state index in [9.17, 15) is 0 Å². The number of rotatable bonds is 0. The molecule has 0 radical (unpaired) electrons. The average molecular weight is 143 g/mol. The molecule has 0 saturated carbocycles. The summed E-state index contributed by atoms with van der Waals surface area (Å²) in [7, 11) is 1.90. The third-order valence-electron chi connectivity index (χ3n) is 1.31. The summed E-state index contributed by atoms with van der Waals surface area (Å²) in [5.41, 5.74) is 4.24. The van der Waals surface area contributed by atoms with Gasteiger partial charge in [0.25, 0.3) is 0 Å². The number of hydrazone groups is 1. The number of nitrogens with zero attached hydrogens (tertiary/aromatic N) is 2. The molecule has 0 fully saturated rings. The standard InChI is InChI=1S/C5H11N3.C2H6/c1-4-5(2)7-8(3)6-4;1-2/h4,6H,1-3H3;1-2H3. The monoisotopic (exact) mass is 143 g/mol. The van der Waals surface area contributed by atoms with Crippen LogP contribution in [0.1, 0.15) is 27.7 Å². The Kier molecular flexibility index (Phi) is 4.03. The smallest absolute Gasteiger partial charge is 0.0647 e. The third-order valence-corrected chi connectivity index (χ3v) is 1.31. The molecule has 1 N–H and O–H groups in total. The van der Waals surface area contributed by atoms with Crippen molar-refractivity contribution < 1.29 is 0 Å². The Bertz CT molecular complexity index is 120. The maximum Gasteiger partial charge on any atom is 0.0647 e. The minimum atomic E-state index is 0.417. The topological polar surface area (TPSA) is 27.6 Å². The summed E-state index contributed by atoms with van der Waals surface area (Å²) in [5, 5.41) is 5.84. The predicted molar refractivity (Wildman–Crippen MR) is 44.8 cm³/mol. The Labute approximate surface area is 63.1 Å². The van der Waals surface area contributed by atoms with E-state index >= 15 is 0 Å². The number of nitrogens with one attached hydrogen (secondary N) is 1. The van der Waals surface area contributed by atoms with Crippen molar-refractivity contribution in [3.63, 3.8) is 0 Å². The van der Waals surface area contributed by atoms with E-state index in [1.165, 1.54) is 0 Å². The molecule has 0 saturated heterocycles. The fraction of sp³-hybridized carbons (Fsp3) is 0.857. The van der Waals surface area contributed by atoms with Crippen LogP contribution in [0.2, 0.25) is 0 Å². The molecule has 1 aliphatic heterocycles. The maximum atomic E-state index is 4.11. The highest BCUT2D eigenvalue weighted by atomic mass is 15.7. The summed E-state index contributed by atoms with van der Waals surface area (Å²) in [6, 6.07) is 0.417. The van der Waals surface area contributed by atoms with Gasteiger partial charge in [0, 0.05) is 7.05 Å². The van der Waals surface area contributed by atoms with Crippen molar-refractivity contribution in [3.8, 4) is 0 Å². The highest BCUT2D eigenvalue weighted by Gasteiger charge is 2.13. The van der Waals surface area contributed by atoms with Gasteiger partial charge in [-0.25, -0.2) is 10.5 Å². The summed E-state index contributed by atoms with van der Waals surface area (Å²) >= 11 is 0. The zero-order chi connectivity index (χ0) is 8.15. The third kappa shape index (κ3) is 2.35. The molecule has 3 heteroatoms. The lowest BCUT2D eigenvalue weighted by molar-refractivity contribution is 0.267. The van der Waals surface area contributed by atoms with Crippen molar-refractivity contribution >= 4 is 5.71 Å². The quantitative estimate of drug-likeness (QED) is 0.552. The van der Waals surface area contributed by atoms with Crippen LogP contribution >= 0.6 is 0 Å². The number of hydrogen-bond donors (Lipinski definition) is 1. The first kappa shape index (κ1) is 9.43. The lowest BCUT2D eigenvalue weighted by atomic mass is 10.2. The van der Waals surface area contributed by atoms with E-state index in [2.05, 4.69) is 17.5 Å². The summed E-state index contributed by atoms with van der Waals surface area (Å²) < 4.78 is 0. The Morgan fingerprint density at radius 2 is 2.00 bits per heavy atom. The first-order valence-corrected chi connectivity index (χ1v) is 3.75. The largest absolute Gasteiger partial charge is 0.232 e. The molecule has 0 amide bonds. The zero-order valence-electron chi connectivity index (χ0n) is 7.47. The number of hydrogen-bond acceptors (Lipinski definition) is 3. The molecule has 0 aromatic carbocycles. The van der Waals surface area contributed by atoms with Gasteiger partial charge in [0.15, 0.2) is 0 Å². The molecular weight excluding hydrogens is 126 g/mol. The Morgan fingerprint density at radius 3 is 2.10 bits per heavy atom. The van der Waals surface area contributed by atoms with Crippen LogP contribution < -0.4 is 5.43 Å². The van der Waals surface area contributed by atoms with E-state index in [1.54, 1.807) is 5.12 Å². The molecule has 0 aromatic rings. The van der Waals surface area contributed by atoms with Gasteiger partial charge in [-0.3, -0.25) is 0 Å². The molecule has 1 heterocycles. The van der Waals surface area contributed by atoms with Gasteiger partial charge in [-0.1, -0.05) is 13.8 Å². The molecule has 1 aliphatic rings. The van der Waals surface area contributed by atoms with Crippen LogP contribution in [0.3, 0.4) is 0 Å². The lowest BCUT2D eigenvalue weighted by Crippen LogP contribution is -2.32.